The summed E-state index contributed by atoms with van der Waals surface area (Å²) >= 11 is 0. The van der Waals surface area contributed by atoms with Crippen LogP contribution in [0, 0.1) is 0 Å². The summed E-state index contributed by atoms with van der Waals surface area (Å²) in [5, 5.41) is 0. The molecule has 0 radical (unpaired) electrons. The van der Waals surface area contributed by atoms with Crippen molar-refractivity contribution in [1.82, 2.24) is 0 Å². The van der Waals surface area contributed by atoms with Gasteiger partial charge < -0.3 is 20.1 Å². The molecule has 0 saturated heterocycles. The largest absolute Gasteiger partial charge is 0.472 e. The van der Waals surface area contributed by atoms with E-state index in [0.29, 0.717) is 6.42 Å². The molecule has 0 rings (SSSR count). The Morgan fingerprint density at radius 1 is 0.492 bits per heavy atom. The van der Waals surface area contributed by atoms with Crippen LogP contribution in [0.4, 0.5) is 0 Å². The zero-order valence-electron chi connectivity index (χ0n) is 38.6. The Bertz CT molecular complexity index is 1270. The van der Waals surface area contributed by atoms with Gasteiger partial charge in [-0.1, -0.05) is 182 Å². The van der Waals surface area contributed by atoms with E-state index in [1.54, 1.807) is 0 Å². The Kier molecular flexibility index (Phi) is 44.5. The number of hydrogen-bond acceptors (Lipinski definition) is 8. The van der Waals surface area contributed by atoms with E-state index in [1.807, 2.05) is 0 Å². The number of rotatable bonds is 44. The van der Waals surface area contributed by atoms with Crippen LogP contribution in [0.15, 0.2) is 85.1 Å². The molecule has 350 valence electrons. The minimum atomic E-state index is -4.39. The van der Waals surface area contributed by atoms with Crippen molar-refractivity contribution in [2.24, 2.45) is 5.73 Å². The second-order valence-corrected chi connectivity index (χ2v) is 17.0. The summed E-state index contributed by atoms with van der Waals surface area (Å²) < 4.78 is 32.9. The van der Waals surface area contributed by atoms with Crippen molar-refractivity contribution in [1.29, 1.82) is 0 Å². The van der Waals surface area contributed by atoms with Crippen LogP contribution in [0.3, 0.4) is 0 Å². The third kappa shape index (κ3) is 46.5. The van der Waals surface area contributed by atoms with Crippen LogP contribution < -0.4 is 5.73 Å². The Morgan fingerprint density at radius 3 is 1.26 bits per heavy atom. The molecule has 0 aromatic carbocycles. The minimum absolute atomic E-state index is 0.0471. The van der Waals surface area contributed by atoms with E-state index in [0.717, 1.165) is 103 Å². The molecule has 3 N–H and O–H groups in total. The molecule has 0 aliphatic rings. The van der Waals surface area contributed by atoms with Crippen molar-refractivity contribution in [3.63, 3.8) is 0 Å². The Balaban J connectivity index is 4.10. The van der Waals surface area contributed by atoms with Gasteiger partial charge in [0.25, 0.3) is 0 Å². The second-order valence-electron chi connectivity index (χ2n) is 15.6. The lowest BCUT2D eigenvalue weighted by molar-refractivity contribution is -0.161. The highest BCUT2D eigenvalue weighted by Crippen LogP contribution is 2.43. The van der Waals surface area contributed by atoms with Crippen LogP contribution in [0.2, 0.25) is 0 Å². The fraction of sp³-hybridized carbons (Fsp3) is 0.686. The fourth-order valence-electron chi connectivity index (χ4n) is 6.29. The van der Waals surface area contributed by atoms with Crippen LogP contribution in [0.1, 0.15) is 194 Å². The van der Waals surface area contributed by atoms with Crippen molar-refractivity contribution in [2.45, 2.75) is 200 Å². The van der Waals surface area contributed by atoms with Crippen molar-refractivity contribution in [3.05, 3.63) is 85.1 Å². The first-order valence-electron chi connectivity index (χ1n) is 24.1. The Morgan fingerprint density at radius 2 is 0.852 bits per heavy atom. The quantitative estimate of drug-likeness (QED) is 0.0265. The van der Waals surface area contributed by atoms with Gasteiger partial charge in [0.05, 0.1) is 13.2 Å². The number of carbonyl (C=O) groups excluding carboxylic acids is 2. The monoisotopic (exact) mass is 874 g/mol. The van der Waals surface area contributed by atoms with Crippen LogP contribution in [0.5, 0.6) is 0 Å². The van der Waals surface area contributed by atoms with E-state index in [4.69, 9.17) is 24.3 Å². The van der Waals surface area contributed by atoms with Crippen LogP contribution in [-0.4, -0.2) is 49.3 Å². The van der Waals surface area contributed by atoms with E-state index in [-0.39, 0.29) is 32.6 Å². The number of hydrogen-bond donors (Lipinski definition) is 2. The summed E-state index contributed by atoms with van der Waals surface area (Å²) in [5.41, 5.74) is 5.36. The van der Waals surface area contributed by atoms with Gasteiger partial charge in [-0.25, -0.2) is 4.57 Å². The first kappa shape index (κ1) is 58.2. The lowest BCUT2D eigenvalue weighted by Crippen LogP contribution is -2.29. The van der Waals surface area contributed by atoms with E-state index in [9.17, 15) is 19.0 Å². The standard InChI is InChI=1S/C51H88NO8P/c1-3-5-7-9-11-13-15-17-19-21-22-23-24-25-26-28-30-32-34-36-38-40-42-44-51(54)60-49(48-59-61(55,56)58-46-45-52)47-57-50(53)43-41-39-37-35-33-31-29-27-20-18-16-14-12-10-8-6-4-2/h5-8,11-14,17-20,22-23,49H,3-4,9-10,15-16,21,24-48,52H2,1-2H3,(H,55,56)/b7-5-,8-6-,13-11-,14-12-,19-17-,20-18-,23-22-. The molecule has 0 aromatic rings. The Hall–Kier alpha value is -2.81. The molecule has 61 heavy (non-hydrogen) atoms. The normalized spacial score (nSPS) is 14.0. The maximum absolute atomic E-state index is 12.6. The molecule has 0 fully saturated rings. The lowest BCUT2D eigenvalue weighted by atomic mass is 10.0. The van der Waals surface area contributed by atoms with Gasteiger partial charge in [-0.15, -0.1) is 0 Å². The number of phosphoric acid groups is 1. The predicted octanol–water partition coefficient (Wildman–Crippen LogP) is 14.4. The number of unbranched alkanes of at least 4 members (excludes halogenated alkanes) is 17. The van der Waals surface area contributed by atoms with Crippen LogP contribution in [0.25, 0.3) is 0 Å². The van der Waals surface area contributed by atoms with Gasteiger partial charge >= 0.3 is 19.8 Å². The molecule has 9 nitrogen and oxygen atoms in total. The molecule has 0 aliphatic heterocycles. The lowest BCUT2D eigenvalue weighted by Gasteiger charge is -2.19. The summed E-state index contributed by atoms with van der Waals surface area (Å²) in [4.78, 5) is 35.0. The minimum Gasteiger partial charge on any atom is -0.462 e. The number of allylic oxidation sites excluding steroid dienone is 14. The van der Waals surface area contributed by atoms with Crippen molar-refractivity contribution in [2.75, 3.05) is 26.4 Å². The smallest absolute Gasteiger partial charge is 0.462 e. The maximum Gasteiger partial charge on any atom is 0.472 e. The first-order valence-corrected chi connectivity index (χ1v) is 25.6. The molecule has 0 amide bonds. The summed E-state index contributed by atoms with van der Waals surface area (Å²) in [6.45, 7) is 3.49. The summed E-state index contributed by atoms with van der Waals surface area (Å²) in [6, 6.07) is 0. The number of nitrogens with two attached hydrogens (primary N) is 1. The number of carbonyl (C=O) groups is 2. The molecule has 0 saturated carbocycles. The number of phosphoric ester groups is 1. The molecular formula is C51H88NO8P. The molecule has 10 heteroatoms. The zero-order valence-corrected chi connectivity index (χ0v) is 39.5. The first-order chi connectivity index (χ1) is 29.8. The highest BCUT2D eigenvalue weighted by molar-refractivity contribution is 7.47. The van der Waals surface area contributed by atoms with Crippen molar-refractivity contribution >= 4 is 19.8 Å². The highest BCUT2D eigenvalue weighted by Gasteiger charge is 2.26. The maximum atomic E-state index is 12.6. The van der Waals surface area contributed by atoms with Crippen molar-refractivity contribution in [3.8, 4) is 0 Å². The summed E-state index contributed by atoms with van der Waals surface area (Å²) in [5.74, 6) is -0.849. The molecule has 0 spiro atoms. The highest BCUT2D eigenvalue weighted by atomic mass is 31.2. The number of ether oxygens (including phenoxy) is 2. The van der Waals surface area contributed by atoms with Gasteiger partial charge in [0.15, 0.2) is 6.10 Å². The second kappa shape index (κ2) is 46.7. The van der Waals surface area contributed by atoms with E-state index in [2.05, 4.69) is 98.9 Å². The van der Waals surface area contributed by atoms with Crippen LogP contribution in [-0.2, 0) is 32.7 Å². The molecule has 0 heterocycles. The topological polar surface area (TPSA) is 134 Å². The van der Waals surface area contributed by atoms with E-state index in [1.165, 1.54) is 57.8 Å². The average molecular weight is 874 g/mol. The van der Waals surface area contributed by atoms with Gasteiger partial charge in [0, 0.05) is 19.4 Å². The summed E-state index contributed by atoms with van der Waals surface area (Å²) in [6.07, 6.45) is 59.0. The zero-order chi connectivity index (χ0) is 44.6. The average Bonchev–Trinajstić information content (AvgIpc) is 3.25. The molecule has 0 aromatic heterocycles. The molecule has 2 unspecified atom stereocenters. The van der Waals surface area contributed by atoms with E-state index < -0.39 is 32.5 Å². The van der Waals surface area contributed by atoms with Gasteiger partial charge in [-0.05, 0) is 83.5 Å². The summed E-state index contributed by atoms with van der Waals surface area (Å²) in [7, 11) is -4.39. The Labute approximate surface area is 373 Å². The van der Waals surface area contributed by atoms with Crippen LogP contribution >= 0.6 is 7.82 Å². The molecule has 2 atom stereocenters. The third-order valence-corrected chi connectivity index (χ3v) is 10.8. The third-order valence-electron chi connectivity index (χ3n) is 9.78. The van der Waals surface area contributed by atoms with Gasteiger partial charge in [0.2, 0.25) is 0 Å². The molecule has 0 bridgehead atoms. The SMILES string of the molecule is CC/C=C\C/C=C\C/C=C\C/C=C\CCCCCCCCCCCCC(=O)OC(COC(=O)CCCCCCCCC/C=C\C/C=C\C/C=C\CC)COP(=O)(O)OCCN. The van der Waals surface area contributed by atoms with Crippen molar-refractivity contribution < 1.29 is 37.6 Å². The predicted molar refractivity (Wildman–Crippen MR) is 256 cm³/mol. The van der Waals surface area contributed by atoms with Gasteiger partial charge in [-0.3, -0.25) is 18.6 Å². The fourth-order valence-corrected chi connectivity index (χ4v) is 7.05. The van der Waals surface area contributed by atoms with Gasteiger partial charge in [0.1, 0.15) is 6.61 Å². The molecule has 0 aliphatic carbocycles. The molecular weight excluding hydrogens is 786 g/mol. The van der Waals surface area contributed by atoms with Gasteiger partial charge in [-0.2, -0.15) is 0 Å². The van der Waals surface area contributed by atoms with E-state index >= 15 is 0 Å². The number of esters is 2.